The molecule has 1 amide bonds. The number of hydrogen-bond donors (Lipinski definition) is 3. The number of benzene rings is 2. The molecular formula is C21H30IN5O. The molecule has 0 bridgehead atoms. The zero-order valence-electron chi connectivity index (χ0n) is 16.5. The molecule has 0 aliphatic heterocycles. The minimum absolute atomic E-state index is 0. The van der Waals surface area contributed by atoms with Gasteiger partial charge in [0.2, 0.25) is 5.91 Å². The van der Waals surface area contributed by atoms with Crippen molar-refractivity contribution in [1.29, 1.82) is 0 Å². The second-order valence-electron chi connectivity index (χ2n) is 6.04. The Morgan fingerprint density at radius 1 is 1.00 bits per heavy atom. The second-order valence-corrected chi connectivity index (χ2v) is 6.04. The SMILES string of the molecule is CCN(CCCNC(=NC)NCC(=O)Nc1ccccc1)c1ccccc1.I. The van der Waals surface area contributed by atoms with Crippen LogP contribution in [0.2, 0.25) is 0 Å². The fraction of sp³-hybridized carbons (Fsp3) is 0.333. The van der Waals surface area contributed by atoms with Gasteiger partial charge in [0.15, 0.2) is 5.96 Å². The first kappa shape index (κ1) is 23.7. The lowest BCUT2D eigenvalue weighted by Gasteiger charge is -2.23. The van der Waals surface area contributed by atoms with Crippen LogP contribution in [0.5, 0.6) is 0 Å². The van der Waals surface area contributed by atoms with Gasteiger partial charge in [0.25, 0.3) is 0 Å². The van der Waals surface area contributed by atoms with E-state index in [-0.39, 0.29) is 36.4 Å². The highest BCUT2D eigenvalue weighted by molar-refractivity contribution is 14.0. The maximum atomic E-state index is 12.0. The minimum Gasteiger partial charge on any atom is -0.372 e. The predicted molar refractivity (Wildman–Crippen MR) is 129 cm³/mol. The number of amides is 1. The Morgan fingerprint density at radius 3 is 2.25 bits per heavy atom. The Balaban J connectivity index is 0.00000392. The highest BCUT2D eigenvalue weighted by atomic mass is 127. The number of hydrogen-bond acceptors (Lipinski definition) is 3. The quantitative estimate of drug-likeness (QED) is 0.216. The van der Waals surface area contributed by atoms with Gasteiger partial charge in [0.1, 0.15) is 0 Å². The first-order chi connectivity index (χ1) is 13.2. The van der Waals surface area contributed by atoms with Crippen LogP contribution in [0.1, 0.15) is 13.3 Å². The molecule has 0 aliphatic rings. The van der Waals surface area contributed by atoms with Crippen LogP contribution in [0, 0.1) is 0 Å². The van der Waals surface area contributed by atoms with Gasteiger partial charge in [-0.3, -0.25) is 9.79 Å². The molecule has 2 aromatic carbocycles. The molecule has 0 fully saturated rings. The van der Waals surface area contributed by atoms with Crippen molar-refractivity contribution >= 4 is 47.2 Å². The van der Waals surface area contributed by atoms with E-state index in [9.17, 15) is 4.79 Å². The maximum absolute atomic E-state index is 12.0. The number of aliphatic imine (C=N–C) groups is 1. The number of halogens is 1. The van der Waals surface area contributed by atoms with E-state index in [1.54, 1.807) is 7.05 Å². The predicted octanol–water partition coefficient (Wildman–Crippen LogP) is 3.32. The molecule has 2 rings (SSSR count). The molecule has 0 atom stereocenters. The monoisotopic (exact) mass is 495 g/mol. The molecule has 0 aromatic heterocycles. The van der Waals surface area contributed by atoms with Gasteiger partial charge in [-0.25, -0.2) is 0 Å². The molecule has 0 radical (unpaired) electrons. The average molecular weight is 495 g/mol. The largest absolute Gasteiger partial charge is 0.372 e. The van der Waals surface area contributed by atoms with Crippen LogP contribution in [0.25, 0.3) is 0 Å². The summed E-state index contributed by atoms with van der Waals surface area (Å²) in [5, 5.41) is 9.13. The fourth-order valence-corrected chi connectivity index (χ4v) is 2.70. The van der Waals surface area contributed by atoms with Gasteiger partial charge in [-0.1, -0.05) is 36.4 Å². The second kappa shape index (κ2) is 13.8. The average Bonchev–Trinajstić information content (AvgIpc) is 2.71. The number of nitrogens with zero attached hydrogens (tertiary/aromatic N) is 2. The smallest absolute Gasteiger partial charge is 0.243 e. The molecule has 28 heavy (non-hydrogen) atoms. The molecule has 6 nitrogen and oxygen atoms in total. The van der Waals surface area contributed by atoms with Crippen LogP contribution in [0.15, 0.2) is 65.7 Å². The standard InChI is InChI=1S/C21H29N5O.HI/c1-3-26(19-13-8-5-9-14-19)16-10-15-23-21(22-2)24-17-20(27)25-18-11-6-4-7-12-18;/h4-9,11-14H,3,10,15-17H2,1-2H3,(H,25,27)(H2,22,23,24);1H. The summed E-state index contributed by atoms with van der Waals surface area (Å²) < 4.78 is 0. The van der Waals surface area contributed by atoms with E-state index in [0.29, 0.717) is 5.96 Å². The van der Waals surface area contributed by atoms with Gasteiger partial charge in [-0.2, -0.15) is 0 Å². The first-order valence-corrected chi connectivity index (χ1v) is 9.32. The Bertz CT molecular complexity index is 709. The lowest BCUT2D eigenvalue weighted by atomic mass is 10.2. The van der Waals surface area contributed by atoms with Crippen molar-refractivity contribution in [2.75, 3.05) is 43.4 Å². The summed E-state index contributed by atoms with van der Waals surface area (Å²) in [4.78, 5) is 18.5. The van der Waals surface area contributed by atoms with Crippen LogP contribution in [0.3, 0.4) is 0 Å². The molecule has 0 saturated heterocycles. The summed E-state index contributed by atoms with van der Waals surface area (Å²) in [5.74, 6) is 0.520. The van der Waals surface area contributed by atoms with Gasteiger partial charge in [-0.15, -0.1) is 24.0 Å². The summed E-state index contributed by atoms with van der Waals surface area (Å²) in [6.45, 7) is 5.03. The van der Waals surface area contributed by atoms with Crippen molar-refractivity contribution in [2.24, 2.45) is 4.99 Å². The Hall–Kier alpha value is -2.29. The van der Waals surface area contributed by atoms with Crippen LogP contribution < -0.4 is 20.9 Å². The normalized spacial score (nSPS) is 10.6. The topological polar surface area (TPSA) is 68.8 Å². The van der Waals surface area contributed by atoms with E-state index >= 15 is 0 Å². The molecule has 2 aromatic rings. The number of nitrogens with one attached hydrogen (secondary N) is 3. The molecule has 0 heterocycles. The van der Waals surface area contributed by atoms with Crippen molar-refractivity contribution in [3.8, 4) is 0 Å². The summed E-state index contributed by atoms with van der Waals surface area (Å²) in [7, 11) is 1.70. The Kier molecular flexibility index (Phi) is 11.7. The van der Waals surface area contributed by atoms with Gasteiger partial charge in [0, 0.05) is 38.1 Å². The van der Waals surface area contributed by atoms with Crippen molar-refractivity contribution in [2.45, 2.75) is 13.3 Å². The number of carbonyl (C=O) groups is 1. The van der Waals surface area contributed by atoms with E-state index in [2.05, 4.69) is 57.0 Å². The Morgan fingerprint density at radius 2 is 1.64 bits per heavy atom. The molecule has 0 spiro atoms. The van der Waals surface area contributed by atoms with E-state index in [1.807, 2.05) is 36.4 Å². The molecule has 3 N–H and O–H groups in total. The number of guanidine groups is 1. The van der Waals surface area contributed by atoms with Crippen molar-refractivity contribution in [3.05, 3.63) is 60.7 Å². The highest BCUT2D eigenvalue weighted by Gasteiger charge is 2.05. The molecule has 0 unspecified atom stereocenters. The molecular weight excluding hydrogens is 465 g/mol. The summed E-state index contributed by atoms with van der Waals surface area (Å²) in [6, 6.07) is 19.8. The van der Waals surface area contributed by atoms with Crippen LogP contribution in [-0.4, -0.2) is 45.1 Å². The van der Waals surface area contributed by atoms with Gasteiger partial charge in [-0.05, 0) is 37.6 Å². The first-order valence-electron chi connectivity index (χ1n) is 9.32. The van der Waals surface area contributed by atoms with E-state index < -0.39 is 0 Å². The van der Waals surface area contributed by atoms with Gasteiger partial charge < -0.3 is 20.9 Å². The fourth-order valence-electron chi connectivity index (χ4n) is 2.70. The Labute approximate surface area is 184 Å². The van der Waals surface area contributed by atoms with E-state index in [0.717, 1.165) is 31.7 Å². The number of rotatable bonds is 9. The molecule has 0 saturated carbocycles. The molecule has 152 valence electrons. The third-order valence-corrected chi connectivity index (χ3v) is 4.10. The van der Waals surface area contributed by atoms with Crippen molar-refractivity contribution in [1.82, 2.24) is 10.6 Å². The lowest BCUT2D eigenvalue weighted by molar-refractivity contribution is -0.115. The molecule has 0 aliphatic carbocycles. The summed E-state index contributed by atoms with van der Waals surface area (Å²) in [5.41, 5.74) is 2.02. The van der Waals surface area contributed by atoms with Crippen LogP contribution in [-0.2, 0) is 4.79 Å². The molecule has 7 heteroatoms. The lowest BCUT2D eigenvalue weighted by Crippen LogP contribution is -2.42. The van der Waals surface area contributed by atoms with E-state index in [1.165, 1.54) is 5.69 Å². The third-order valence-electron chi connectivity index (χ3n) is 4.10. The van der Waals surface area contributed by atoms with E-state index in [4.69, 9.17) is 0 Å². The van der Waals surface area contributed by atoms with Gasteiger partial charge in [0.05, 0.1) is 6.54 Å². The van der Waals surface area contributed by atoms with Crippen LogP contribution >= 0.6 is 24.0 Å². The number of anilines is 2. The summed E-state index contributed by atoms with van der Waals surface area (Å²) >= 11 is 0. The van der Waals surface area contributed by atoms with Crippen molar-refractivity contribution < 1.29 is 4.79 Å². The summed E-state index contributed by atoms with van der Waals surface area (Å²) in [6.07, 6.45) is 0.972. The van der Waals surface area contributed by atoms with Crippen LogP contribution in [0.4, 0.5) is 11.4 Å². The third kappa shape index (κ3) is 8.60. The zero-order chi connectivity index (χ0) is 19.3. The maximum Gasteiger partial charge on any atom is 0.243 e. The van der Waals surface area contributed by atoms with Crippen molar-refractivity contribution in [3.63, 3.8) is 0 Å². The highest BCUT2D eigenvalue weighted by Crippen LogP contribution is 2.12. The number of para-hydroxylation sites is 2. The number of carbonyl (C=O) groups excluding carboxylic acids is 1. The minimum atomic E-state index is -0.106. The zero-order valence-corrected chi connectivity index (χ0v) is 18.9. The van der Waals surface area contributed by atoms with Gasteiger partial charge >= 0.3 is 0 Å².